The number of halogens is 1. The minimum atomic E-state index is -1.28. The van der Waals surface area contributed by atoms with Gasteiger partial charge in [-0.15, -0.1) is 0 Å². The Hall–Kier alpha value is -2.69. The molecule has 0 bridgehead atoms. The zero-order valence-electron chi connectivity index (χ0n) is 14.0. The summed E-state index contributed by atoms with van der Waals surface area (Å²) >= 11 is 0. The lowest BCUT2D eigenvalue weighted by atomic mass is 9.90. The van der Waals surface area contributed by atoms with Gasteiger partial charge in [0.05, 0.1) is 0 Å². The highest BCUT2D eigenvalue weighted by Gasteiger charge is 2.36. The van der Waals surface area contributed by atoms with Crippen LogP contribution in [0.25, 0.3) is 0 Å². The molecule has 126 valence electrons. The van der Waals surface area contributed by atoms with E-state index in [1.165, 1.54) is 32.0 Å². The van der Waals surface area contributed by atoms with Crippen LogP contribution in [0.4, 0.5) is 10.1 Å². The van der Waals surface area contributed by atoms with Crippen molar-refractivity contribution in [1.29, 1.82) is 0 Å². The van der Waals surface area contributed by atoms with Gasteiger partial charge in [-0.05, 0) is 50.1 Å². The van der Waals surface area contributed by atoms with Crippen LogP contribution in [0.15, 0.2) is 48.5 Å². The maximum atomic E-state index is 13.2. The van der Waals surface area contributed by atoms with E-state index < -0.39 is 17.1 Å². The number of carbonyl (C=O) groups is 2. The van der Waals surface area contributed by atoms with Gasteiger partial charge < -0.3 is 10.6 Å². The van der Waals surface area contributed by atoms with Crippen LogP contribution in [0, 0.1) is 18.2 Å². The van der Waals surface area contributed by atoms with Gasteiger partial charge in [0.2, 0.25) is 11.8 Å². The normalized spacial score (nSPS) is 11.0. The molecule has 0 radical (unpaired) electrons. The first-order chi connectivity index (χ1) is 11.3. The molecule has 2 amide bonds. The van der Waals surface area contributed by atoms with E-state index in [-0.39, 0.29) is 5.91 Å². The van der Waals surface area contributed by atoms with E-state index in [1.54, 1.807) is 6.07 Å². The fraction of sp³-hybridized carbons (Fsp3) is 0.263. The number of anilines is 1. The van der Waals surface area contributed by atoms with Crippen LogP contribution in [0.3, 0.4) is 0 Å². The van der Waals surface area contributed by atoms with Crippen molar-refractivity contribution in [3.8, 4) is 0 Å². The van der Waals surface area contributed by atoms with E-state index in [0.717, 1.165) is 11.1 Å². The van der Waals surface area contributed by atoms with Gasteiger partial charge in [-0.3, -0.25) is 9.59 Å². The third-order valence-corrected chi connectivity index (χ3v) is 3.92. The first kappa shape index (κ1) is 17.7. The lowest BCUT2D eigenvalue weighted by molar-refractivity contribution is -0.138. The molecule has 5 heteroatoms. The van der Waals surface area contributed by atoms with E-state index in [0.29, 0.717) is 12.2 Å². The summed E-state index contributed by atoms with van der Waals surface area (Å²) in [4.78, 5) is 24.8. The Kier molecular flexibility index (Phi) is 5.34. The first-order valence-corrected chi connectivity index (χ1v) is 7.70. The zero-order valence-corrected chi connectivity index (χ0v) is 14.0. The van der Waals surface area contributed by atoms with Crippen LogP contribution in [-0.4, -0.2) is 11.8 Å². The number of hydrogen-bond donors (Lipinski definition) is 2. The average Bonchev–Trinajstić information content (AvgIpc) is 2.53. The fourth-order valence-corrected chi connectivity index (χ4v) is 2.16. The summed E-state index contributed by atoms with van der Waals surface area (Å²) in [5.41, 5.74) is 1.10. The molecule has 2 aromatic rings. The molecule has 0 aliphatic heterocycles. The van der Waals surface area contributed by atoms with Gasteiger partial charge in [-0.2, -0.15) is 0 Å². The van der Waals surface area contributed by atoms with Gasteiger partial charge in [0, 0.05) is 12.2 Å². The maximum Gasteiger partial charge on any atom is 0.239 e. The maximum absolute atomic E-state index is 13.2. The number of carbonyl (C=O) groups excluding carboxylic acids is 2. The number of hydrogen-bond acceptors (Lipinski definition) is 2. The monoisotopic (exact) mass is 328 g/mol. The number of benzene rings is 2. The van der Waals surface area contributed by atoms with Crippen LogP contribution < -0.4 is 10.6 Å². The predicted molar refractivity (Wildman–Crippen MR) is 91.8 cm³/mol. The van der Waals surface area contributed by atoms with Crippen molar-refractivity contribution >= 4 is 17.5 Å². The molecule has 2 N–H and O–H groups in total. The highest BCUT2D eigenvalue weighted by molar-refractivity contribution is 6.09. The Labute approximate surface area is 141 Å². The van der Waals surface area contributed by atoms with Crippen LogP contribution in [0.2, 0.25) is 0 Å². The second-order valence-electron chi connectivity index (χ2n) is 6.20. The lowest BCUT2D eigenvalue weighted by Gasteiger charge is -2.23. The highest BCUT2D eigenvalue weighted by Crippen LogP contribution is 2.20. The van der Waals surface area contributed by atoms with Crippen molar-refractivity contribution in [2.24, 2.45) is 5.41 Å². The molecule has 0 aromatic heterocycles. The summed E-state index contributed by atoms with van der Waals surface area (Å²) in [7, 11) is 0. The Balaban J connectivity index is 2.01. The summed E-state index contributed by atoms with van der Waals surface area (Å²) in [6.45, 7) is 5.38. The van der Waals surface area contributed by atoms with E-state index in [4.69, 9.17) is 0 Å². The number of nitrogens with one attached hydrogen (secondary N) is 2. The van der Waals surface area contributed by atoms with Crippen LogP contribution in [0.5, 0.6) is 0 Å². The second-order valence-corrected chi connectivity index (χ2v) is 6.20. The van der Waals surface area contributed by atoms with Crippen LogP contribution in [-0.2, 0) is 16.1 Å². The van der Waals surface area contributed by atoms with Gasteiger partial charge in [-0.1, -0.05) is 30.3 Å². The van der Waals surface area contributed by atoms with Gasteiger partial charge in [0.1, 0.15) is 11.2 Å². The van der Waals surface area contributed by atoms with Gasteiger partial charge >= 0.3 is 0 Å². The smallest absolute Gasteiger partial charge is 0.239 e. The van der Waals surface area contributed by atoms with Gasteiger partial charge in [0.15, 0.2) is 0 Å². The molecule has 0 aliphatic carbocycles. The van der Waals surface area contributed by atoms with Crippen LogP contribution in [0.1, 0.15) is 25.0 Å². The molecule has 0 unspecified atom stereocenters. The van der Waals surface area contributed by atoms with Crippen molar-refractivity contribution in [3.05, 3.63) is 65.5 Å². The molecule has 2 aromatic carbocycles. The third-order valence-electron chi connectivity index (χ3n) is 3.92. The van der Waals surface area contributed by atoms with E-state index in [2.05, 4.69) is 10.6 Å². The summed E-state index contributed by atoms with van der Waals surface area (Å²) < 4.78 is 13.2. The van der Waals surface area contributed by atoms with Gasteiger partial charge in [-0.25, -0.2) is 4.39 Å². The fourth-order valence-electron chi connectivity index (χ4n) is 2.16. The highest BCUT2D eigenvalue weighted by atomic mass is 19.1. The standard InChI is InChI=1S/C19H21FN2O2/c1-13-7-4-5-8-14(13)12-21-17(23)19(2,3)18(24)22-16-10-6-9-15(20)11-16/h4-11H,12H2,1-3H3,(H,21,23)(H,22,24). The van der Waals surface area contributed by atoms with Gasteiger partial charge in [0.25, 0.3) is 0 Å². The Morgan fingerprint density at radius 3 is 2.42 bits per heavy atom. The van der Waals surface area contributed by atoms with Crippen molar-refractivity contribution in [2.75, 3.05) is 5.32 Å². The molecule has 0 spiro atoms. The summed E-state index contributed by atoms with van der Waals surface area (Å²) in [5, 5.41) is 5.36. The first-order valence-electron chi connectivity index (χ1n) is 7.70. The molecular formula is C19H21FN2O2. The van der Waals surface area contributed by atoms with E-state index in [9.17, 15) is 14.0 Å². The van der Waals surface area contributed by atoms with Crippen molar-refractivity contribution in [3.63, 3.8) is 0 Å². The molecule has 0 heterocycles. The Morgan fingerprint density at radius 1 is 1.04 bits per heavy atom. The molecule has 2 rings (SSSR count). The van der Waals surface area contributed by atoms with Crippen LogP contribution >= 0.6 is 0 Å². The molecule has 0 aliphatic rings. The van der Waals surface area contributed by atoms with E-state index in [1.807, 2.05) is 31.2 Å². The SMILES string of the molecule is Cc1ccccc1CNC(=O)C(C)(C)C(=O)Nc1cccc(F)c1. The van der Waals surface area contributed by atoms with Crippen molar-refractivity contribution in [1.82, 2.24) is 5.32 Å². The molecule has 24 heavy (non-hydrogen) atoms. The quantitative estimate of drug-likeness (QED) is 0.826. The number of rotatable bonds is 5. The summed E-state index contributed by atoms with van der Waals surface area (Å²) in [5.74, 6) is -1.33. The average molecular weight is 328 g/mol. The summed E-state index contributed by atoms with van der Waals surface area (Å²) in [6.07, 6.45) is 0. The molecule has 0 atom stereocenters. The van der Waals surface area contributed by atoms with Crippen molar-refractivity contribution in [2.45, 2.75) is 27.3 Å². The summed E-state index contributed by atoms with van der Waals surface area (Å²) in [6, 6.07) is 13.3. The largest absolute Gasteiger partial charge is 0.351 e. The minimum Gasteiger partial charge on any atom is -0.351 e. The molecule has 0 saturated carbocycles. The zero-order chi connectivity index (χ0) is 17.7. The number of aryl methyl sites for hydroxylation is 1. The molecular weight excluding hydrogens is 307 g/mol. The number of amides is 2. The Bertz CT molecular complexity index is 757. The minimum absolute atomic E-state index is 0.319. The van der Waals surface area contributed by atoms with E-state index >= 15 is 0 Å². The third kappa shape index (κ3) is 4.19. The Morgan fingerprint density at radius 2 is 1.75 bits per heavy atom. The molecule has 0 saturated heterocycles. The molecule has 4 nitrogen and oxygen atoms in total. The van der Waals surface area contributed by atoms with Crippen molar-refractivity contribution < 1.29 is 14.0 Å². The lowest BCUT2D eigenvalue weighted by Crippen LogP contribution is -2.44. The second kappa shape index (κ2) is 7.25. The topological polar surface area (TPSA) is 58.2 Å². The predicted octanol–water partition coefficient (Wildman–Crippen LogP) is 3.42. The molecule has 0 fully saturated rings.